The summed E-state index contributed by atoms with van der Waals surface area (Å²) in [7, 11) is 0. The molecule has 0 fully saturated rings. The first kappa shape index (κ1) is 16.9. The maximum absolute atomic E-state index is 10.7. The second-order valence-electron chi connectivity index (χ2n) is 5.95. The number of nitrogens with zero attached hydrogens (tertiary/aromatic N) is 1. The van der Waals surface area contributed by atoms with Gasteiger partial charge in [-0.25, -0.2) is 0 Å². The van der Waals surface area contributed by atoms with Crippen LogP contribution in [0.5, 0.6) is 0 Å². The van der Waals surface area contributed by atoms with Crippen LogP contribution in [-0.2, 0) is 12.8 Å². The molecule has 3 aromatic rings. The Hall–Kier alpha value is -2.91. The molecule has 0 radical (unpaired) electrons. The Morgan fingerprint density at radius 2 is 1.28 bits per heavy atom. The summed E-state index contributed by atoms with van der Waals surface area (Å²) in [4.78, 5) is 0. The van der Waals surface area contributed by atoms with Gasteiger partial charge in [-0.1, -0.05) is 78.9 Å². The third-order valence-electron chi connectivity index (χ3n) is 3.99. The largest absolute Gasteiger partial charge is 0.387 e. The number of nitrogens with one attached hydrogen (secondary N) is 1. The number of hydrazone groups is 1. The van der Waals surface area contributed by atoms with Gasteiger partial charge >= 0.3 is 0 Å². The zero-order valence-corrected chi connectivity index (χ0v) is 14.0. The highest BCUT2D eigenvalue weighted by molar-refractivity contribution is 5.91. The number of aliphatic hydroxyl groups is 1. The lowest BCUT2D eigenvalue weighted by Gasteiger charge is -2.15. The average molecular weight is 330 g/mol. The first-order chi connectivity index (χ1) is 12.3. The van der Waals surface area contributed by atoms with E-state index in [2.05, 4.69) is 10.5 Å². The lowest BCUT2D eigenvalue weighted by atomic mass is 9.99. The van der Waals surface area contributed by atoms with Gasteiger partial charge in [0.25, 0.3) is 0 Å². The fraction of sp³-hybridized carbons (Fsp3) is 0.136. The van der Waals surface area contributed by atoms with Crippen molar-refractivity contribution < 1.29 is 5.11 Å². The van der Waals surface area contributed by atoms with Gasteiger partial charge in [-0.3, -0.25) is 5.43 Å². The van der Waals surface area contributed by atoms with Gasteiger partial charge in [0, 0.05) is 12.8 Å². The van der Waals surface area contributed by atoms with E-state index in [9.17, 15) is 5.11 Å². The molecule has 0 aliphatic rings. The molecule has 0 aliphatic carbocycles. The Morgan fingerprint density at radius 1 is 0.760 bits per heavy atom. The molecule has 0 heterocycles. The smallest absolute Gasteiger partial charge is 0.0982 e. The van der Waals surface area contributed by atoms with Crippen LogP contribution in [0.3, 0.4) is 0 Å². The van der Waals surface area contributed by atoms with Crippen molar-refractivity contribution in [2.45, 2.75) is 18.9 Å². The van der Waals surface area contributed by atoms with Crippen LogP contribution in [0.25, 0.3) is 0 Å². The highest BCUT2D eigenvalue weighted by Gasteiger charge is 2.14. The molecule has 0 aromatic heterocycles. The van der Waals surface area contributed by atoms with Crippen molar-refractivity contribution in [1.29, 1.82) is 0 Å². The summed E-state index contributed by atoms with van der Waals surface area (Å²) >= 11 is 0. The van der Waals surface area contributed by atoms with E-state index in [1.54, 1.807) is 0 Å². The summed E-state index contributed by atoms with van der Waals surface area (Å²) in [6, 6.07) is 29.9. The maximum atomic E-state index is 10.7. The van der Waals surface area contributed by atoms with Crippen LogP contribution < -0.4 is 5.43 Å². The number of para-hydroxylation sites is 1. The second kappa shape index (κ2) is 8.81. The fourth-order valence-electron chi connectivity index (χ4n) is 2.64. The zero-order chi connectivity index (χ0) is 17.3. The van der Waals surface area contributed by atoms with Gasteiger partial charge in [-0.15, -0.1) is 0 Å². The zero-order valence-electron chi connectivity index (χ0n) is 14.0. The fourth-order valence-corrected chi connectivity index (χ4v) is 2.64. The normalized spacial score (nSPS) is 12.6. The number of anilines is 1. The van der Waals surface area contributed by atoms with E-state index in [-0.39, 0.29) is 0 Å². The number of benzene rings is 3. The molecule has 3 aromatic carbocycles. The van der Waals surface area contributed by atoms with Crippen molar-refractivity contribution >= 4 is 11.4 Å². The number of hydrogen-bond acceptors (Lipinski definition) is 3. The Balaban J connectivity index is 1.77. The minimum absolute atomic E-state index is 0.545. The van der Waals surface area contributed by atoms with Crippen LogP contribution in [0, 0.1) is 0 Å². The Labute approximate surface area is 148 Å². The molecule has 126 valence electrons. The highest BCUT2D eigenvalue weighted by atomic mass is 16.3. The van der Waals surface area contributed by atoms with E-state index in [4.69, 9.17) is 0 Å². The van der Waals surface area contributed by atoms with Crippen LogP contribution in [0.15, 0.2) is 96.1 Å². The summed E-state index contributed by atoms with van der Waals surface area (Å²) in [5.41, 5.74) is 6.90. The van der Waals surface area contributed by atoms with Crippen molar-refractivity contribution in [1.82, 2.24) is 0 Å². The maximum Gasteiger partial charge on any atom is 0.0982 e. The SMILES string of the molecule is O[C@@H](Cc1ccccc1)C(Cc1ccccc1)=NNc1ccccc1. The van der Waals surface area contributed by atoms with Crippen molar-refractivity contribution in [2.75, 3.05) is 5.43 Å². The molecular weight excluding hydrogens is 308 g/mol. The Bertz CT molecular complexity index is 786. The standard InChI is InChI=1S/C22H22N2O/c25-22(17-19-12-6-2-7-13-19)21(16-18-10-4-1-5-11-18)24-23-20-14-8-3-9-15-20/h1-15,22-23,25H,16-17H2/t22-/m0/s1. The molecule has 1 atom stereocenters. The van der Waals surface area contributed by atoms with E-state index >= 15 is 0 Å². The molecule has 0 amide bonds. The van der Waals surface area contributed by atoms with Gasteiger partial charge in [-0.2, -0.15) is 5.10 Å². The number of rotatable bonds is 7. The van der Waals surface area contributed by atoms with Crippen LogP contribution in [0.1, 0.15) is 11.1 Å². The molecule has 3 rings (SSSR count). The van der Waals surface area contributed by atoms with Gasteiger partial charge in [0.2, 0.25) is 0 Å². The highest BCUT2D eigenvalue weighted by Crippen LogP contribution is 2.11. The van der Waals surface area contributed by atoms with Gasteiger partial charge in [-0.05, 0) is 23.3 Å². The average Bonchev–Trinajstić information content (AvgIpc) is 2.67. The van der Waals surface area contributed by atoms with Crippen molar-refractivity contribution in [2.24, 2.45) is 5.10 Å². The molecule has 0 bridgehead atoms. The van der Waals surface area contributed by atoms with E-state index in [0.29, 0.717) is 12.8 Å². The summed E-state index contributed by atoms with van der Waals surface area (Å²) in [6.45, 7) is 0. The second-order valence-corrected chi connectivity index (χ2v) is 5.95. The quantitative estimate of drug-likeness (QED) is 0.501. The lowest BCUT2D eigenvalue weighted by molar-refractivity contribution is 0.240. The number of aliphatic hydroxyl groups excluding tert-OH is 1. The molecule has 0 saturated heterocycles. The molecule has 0 unspecified atom stereocenters. The summed E-state index contributed by atoms with van der Waals surface area (Å²) < 4.78 is 0. The topological polar surface area (TPSA) is 44.6 Å². The molecule has 0 aliphatic heterocycles. The summed E-state index contributed by atoms with van der Waals surface area (Å²) in [6.07, 6.45) is 0.510. The molecule has 2 N–H and O–H groups in total. The van der Waals surface area contributed by atoms with Gasteiger partial charge < -0.3 is 5.11 Å². The van der Waals surface area contributed by atoms with Crippen LogP contribution in [-0.4, -0.2) is 16.9 Å². The molecule has 25 heavy (non-hydrogen) atoms. The molecule has 3 heteroatoms. The summed E-state index contributed by atoms with van der Waals surface area (Å²) in [5, 5.41) is 15.2. The third-order valence-corrected chi connectivity index (χ3v) is 3.99. The molecule has 0 saturated carbocycles. The van der Waals surface area contributed by atoms with Crippen LogP contribution in [0.2, 0.25) is 0 Å². The van der Waals surface area contributed by atoms with Gasteiger partial charge in [0.1, 0.15) is 0 Å². The Morgan fingerprint density at radius 3 is 1.88 bits per heavy atom. The van der Waals surface area contributed by atoms with E-state index < -0.39 is 6.10 Å². The lowest BCUT2D eigenvalue weighted by Crippen LogP contribution is -2.26. The van der Waals surface area contributed by atoms with Crippen molar-refractivity contribution in [3.05, 3.63) is 102 Å². The molecule has 3 nitrogen and oxygen atoms in total. The number of hydrogen-bond donors (Lipinski definition) is 2. The summed E-state index contributed by atoms with van der Waals surface area (Å²) in [5.74, 6) is 0. The molecular formula is C22H22N2O. The van der Waals surface area contributed by atoms with E-state index in [0.717, 1.165) is 22.5 Å². The van der Waals surface area contributed by atoms with E-state index in [1.165, 1.54) is 0 Å². The van der Waals surface area contributed by atoms with Crippen LogP contribution in [0.4, 0.5) is 5.69 Å². The van der Waals surface area contributed by atoms with Crippen molar-refractivity contribution in [3.8, 4) is 0 Å². The third kappa shape index (κ3) is 5.30. The van der Waals surface area contributed by atoms with Gasteiger partial charge in [0.05, 0.1) is 17.5 Å². The van der Waals surface area contributed by atoms with Gasteiger partial charge in [0.15, 0.2) is 0 Å². The molecule has 0 spiro atoms. The van der Waals surface area contributed by atoms with E-state index in [1.807, 2.05) is 91.0 Å². The Kier molecular flexibility index (Phi) is 5.96. The first-order valence-electron chi connectivity index (χ1n) is 8.45. The minimum atomic E-state index is -0.640. The minimum Gasteiger partial charge on any atom is -0.387 e. The predicted octanol–water partition coefficient (Wildman–Crippen LogP) is 4.30. The van der Waals surface area contributed by atoms with Crippen LogP contribution >= 0.6 is 0 Å². The predicted molar refractivity (Wildman–Crippen MR) is 104 cm³/mol. The monoisotopic (exact) mass is 330 g/mol. The first-order valence-corrected chi connectivity index (χ1v) is 8.45. The van der Waals surface area contributed by atoms with Crippen molar-refractivity contribution in [3.63, 3.8) is 0 Å².